The van der Waals surface area contributed by atoms with Crippen molar-refractivity contribution in [1.82, 2.24) is 5.32 Å². The fourth-order valence-electron chi connectivity index (χ4n) is 2.23. The second-order valence-corrected chi connectivity index (χ2v) is 5.57. The predicted molar refractivity (Wildman–Crippen MR) is 72.7 cm³/mol. The van der Waals surface area contributed by atoms with Gasteiger partial charge in [-0.2, -0.15) is 0 Å². The summed E-state index contributed by atoms with van der Waals surface area (Å²) in [5, 5.41) is 3.38. The fraction of sp³-hybridized carbons (Fsp3) is 0.600. The smallest absolute Gasteiger partial charge is 0.0940 e. The van der Waals surface area contributed by atoms with Crippen molar-refractivity contribution in [3.8, 4) is 0 Å². The normalized spacial score (nSPS) is 22.9. The maximum atomic E-state index is 5.95. The van der Waals surface area contributed by atoms with Gasteiger partial charge in [0.2, 0.25) is 0 Å². The topological polar surface area (TPSA) is 30.5 Å². The molecule has 1 aromatic carbocycles. The Hall–Kier alpha value is -0.900. The van der Waals surface area contributed by atoms with Gasteiger partial charge in [-0.25, -0.2) is 0 Å². The lowest BCUT2D eigenvalue weighted by molar-refractivity contribution is -0.122. The summed E-state index contributed by atoms with van der Waals surface area (Å²) in [5.74, 6) is 0. The molecule has 1 aromatic rings. The van der Waals surface area contributed by atoms with Gasteiger partial charge in [-0.1, -0.05) is 24.3 Å². The zero-order valence-electron chi connectivity index (χ0n) is 11.5. The first-order chi connectivity index (χ1) is 8.57. The third-order valence-corrected chi connectivity index (χ3v) is 3.23. The lowest BCUT2D eigenvalue weighted by Gasteiger charge is -2.36. The second kappa shape index (κ2) is 5.83. The first kappa shape index (κ1) is 13.5. The highest BCUT2D eigenvalue weighted by Gasteiger charge is 2.28. The van der Waals surface area contributed by atoms with Crippen molar-refractivity contribution in [2.75, 3.05) is 19.7 Å². The number of aryl methyl sites for hydroxylation is 1. The molecule has 3 nitrogen and oxygen atoms in total. The molecule has 0 amide bonds. The maximum absolute atomic E-state index is 5.95. The van der Waals surface area contributed by atoms with Crippen LogP contribution in [0.15, 0.2) is 24.3 Å². The molecule has 3 heteroatoms. The van der Waals surface area contributed by atoms with Crippen molar-refractivity contribution in [1.29, 1.82) is 0 Å². The summed E-state index contributed by atoms with van der Waals surface area (Å²) in [6.45, 7) is 9.40. The Morgan fingerprint density at radius 2 is 2.17 bits per heavy atom. The first-order valence-electron chi connectivity index (χ1n) is 6.58. The minimum absolute atomic E-state index is 0.0884. The number of hydrogen-bond acceptors (Lipinski definition) is 3. The number of morpholine rings is 1. The molecule has 0 bridgehead atoms. The van der Waals surface area contributed by atoms with Crippen molar-refractivity contribution >= 4 is 0 Å². The van der Waals surface area contributed by atoms with Crippen LogP contribution in [0, 0.1) is 6.92 Å². The molecule has 1 N–H and O–H groups in total. The highest BCUT2D eigenvalue weighted by molar-refractivity contribution is 5.24. The fourth-order valence-corrected chi connectivity index (χ4v) is 2.23. The Balaban J connectivity index is 1.77. The van der Waals surface area contributed by atoms with E-state index in [0.717, 1.165) is 13.1 Å². The van der Waals surface area contributed by atoms with Gasteiger partial charge in [-0.05, 0) is 31.9 Å². The van der Waals surface area contributed by atoms with Gasteiger partial charge in [0.25, 0.3) is 0 Å². The van der Waals surface area contributed by atoms with Crippen molar-refractivity contribution in [2.45, 2.75) is 39.1 Å². The van der Waals surface area contributed by atoms with Crippen LogP contribution in [0.25, 0.3) is 0 Å². The van der Waals surface area contributed by atoms with Crippen LogP contribution in [0.3, 0.4) is 0 Å². The van der Waals surface area contributed by atoms with Gasteiger partial charge >= 0.3 is 0 Å². The maximum Gasteiger partial charge on any atom is 0.0940 e. The lowest BCUT2D eigenvalue weighted by atomic mass is 10.1. The molecular weight excluding hydrogens is 226 g/mol. The Morgan fingerprint density at radius 1 is 1.39 bits per heavy atom. The van der Waals surface area contributed by atoms with E-state index in [0.29, 0.717) is 13.2 Å². The van der Waals surface area contributed by atoms with Gasteiger partial charge in [0, 0.05) is 13.1 Å². The average Bonchev–Trinajstić information content (AvgIpc) is 2.30. The van der Waals surface area contributed by atoms with E-state index in [2.05, 4.69) is 44.3 Å². The Labute approximate surface area is 109 Å². The summed E-state index contributed by atoms with van der Waals surface area (Å²) in [5.41, 5.74) is 2.44. The Kier molecular flexibility index (Phi) is 4.38. The van der Waals surface area contributed by atoms with Crippen LogP contribution in [-0.4, -0.2) is 31.4 Å². The molecule has 18 heavy (non-hydrogen) atoms. The van der Waals surface area contributed by atoms with Crippen LogP contribution >= 0.6 is 0 Å². The van der Waals surface area contributed by atoms with Crippen molar-refractivity contribution in [3.63, 3.8) is 0 Å². The summed E-state index contributed by atoms with van der Waals surface area (Å²) in [7, 11) is 0. The number of ether oxygens (including phenoxy) is 2. The van der Waals surface area contributed by atoms with Crippen LogP contribution < -0.4 is 5.32 Å². The monoisotopic (exact) mass is 249 g/mol. The van der Waals surface area contributed by atoms with Crippen LogP contribution in [0.2, 0.25) is 0 Å². The molecule has 0 saturated carbocycles. The van der Waals surface area contributed by atoms with E-state index in [9.17, 15) is 0 Å². The SMILES string of the molecule is Cc1ccccc1COCC1CNCC(C)(C)O1. The average molecular weight is 249 g/mol. The molecule has 0 aromatic heterocycles. The molecule has 0 radical (unpaired) electrons. The minimum Gasteiger partial charge on any atom is -0.374 e. The van der Waals surface area contributed by atoms with Crippen LogP contribution in [-0.2, 0) is 16.1 Å². The van der Waals surface area contributed by atoms with Gasteiger partial charge in [-0.15, -0.1) is 0 Å². The molecule has 1 saturated heterocycles. The van der Waals surface area contributed by atoms with Gasteiger partial charge in [0.15, 0.2) is 0 Å². The highest BCUT2D eigenvalue weighted by atomic mass is 16.5. The number of rotatable bonds is 4. The lowest BCUT2D eigenvalue weighted by Crippen LogP contribution is -2.51. The molecule has 2 rings (SSSR count). The predicted octanol–water partition coefficient (Wildman–Crippen LogP) is 2.28. The summed E-state index contributed by atoms with van der Waals surface area (Å²) in [6, 6.07) is 8.32. The Morgan fingerprint density at radius 3 is 2.89 bits per heavy atom. The molecule has 1 aliphatic heterocycles. The van der Waals surface area contributed by atoms with E-state index >= 15 is 0 Å². The summed E-state index contributed by atoms with van der Waals surface area (Å²) in [6.07, 6.45) is 0.151. The van der Waals surface area contributed by atoms with Crippen LogP contribution in [0.5, 0.6) is 0 Å². The molecule has 1 aliphatic rings. The van der Waals surface area contributed by atoms with E-state index in [1.165, 1.54) is 11.1 Å². The van der Waals surface area contributed by atoms with E-state index in [4.69, 9.17) is 9.47 Å². The standard InChI is InChI=1S/C15H23NO2/c1-12-6-4-5-7-13(12)9-17-10-14-8-16-11-15(2,3)18-14/h4-7,14,16H,8-11H2,1-3H3. The molecule has 1 heterocycles. The van der Waals surface area contributed by atoms with Crippen molar-refractivity contribution in [3.05, 3.63) is 35.4 Å². The zero-order chi connectivity index (χ0) is 13.0. The van der Waals surface area contributed by atoms with Crippen LogP contribution in [0.1, 0.15) is 25.0 Å². The third-order valence-electron chi connectivity index (χ3n) is 3.23. The molecule has 1 fully saturated rings. The molecule has 100 valence electrons. The largest absolute Gasteiger partial charge is 0.374 e. The third kappa shape index (κ3) is 3.80. The summed E-state index contributed by atoms with van der Waals surface area (Å²) >= 11 is 0. The second-order valence-electron chi connectivity index (χ2n) is 5.57. The van der Waals surface area contributed by atoms with E-state index in [-0.39, 0.29) is 11.7 Å². The number of hydrogen-bond donors (Lipinski definition) is 1. The Bertz CT molecular complexity index is 390. The minimum atomic E-state index is -0.0884. The van der Waals surface area contributed by atoms with Gasteiger partial charge < -0.3 is 14.8 Å². The van der Waals surface area contributed by atoms with E-state index in [1.54, 1.807) is 0 Å². The van der Waals surface area contributed by atoms with E-state index in [1.807, 2.05) is 6.07 Å². The first-order valence-corrected chi connectivity index (χ1v) is 6.58. The quantitative estimate of drug-likeness (QED) is 0.888. The summed E-state index contributed by atoms with van der Waals surface area (Å²) in [4.78, 5) is 0. The highest BCUT2D eigenvalue weighted by Crippen LogP contribution is 2.16. The van der Waals surface area contributed by atoms with Crippen molar-refractivity contribution < 1.29 is 9.47 Å². The van der Waals surface area contributed by atoms with Crippen molar-refractivity contribution in [2.24, 2.45) is 0 Å². The number of benzene rings is 1. The summed E-state index contributed by atoms with van der Waals surface area (Å²) < 4.78 is 11.7. The van der Waals surface area contributed by atoms with Gasteiger partial charge in [-0.3, -0.25) is 0 Å². The van der Waals surface area contributed by atoms with Crippen LogP contribution in [0.4, 0.5) is 0 Å². The van der Waals surface area contributed by atoms with Gasteiger partial charge in [0.05, 0.1) is 24.9 Å². The van der Waals surface area contributed by atoms with Gasteiger partial charge in [0.1, 0.15) is 0 Å². The number of nitrogens with one attached hydrogen (secondary N) is 1. The molecular formula is C15H23NO2. The van der Waals surface area contributed by atoms with E-state index < -0.39 is 0 Å². The molecule has 1 unspecified atom stereocenters. The molecule has 0 spiro atoms. The zero-order valence-corrected chi connectivity index (χ0v) is 11.5. The molecule has 1 atom stereocenters. The molecule has 0 aliphatic carbocycles.